The highest BCUT2D eigenvalue weighted by Crippen LogP contribution is 2.13. The van der Waals surface area contributed by atoms with Crippen LogP contribution in [0.5, 0.6) is 0 Å². The molecule has 0 aromatic carbocycles. The fraction of sp³-hybridized carbons (Fsp3) is 0.545. The van der Waals surface area contributed by atoms with E-state index in [4.69, 9.17) is 18.0 Å². The van der Waals surface area contributed by atoms with Gasteiger partial charge in [-0.1, -0.05) is 38.9 Å². The summed E-state index contributed by atoms with van der Waals surface area (Å²) in [6.07, 6.45) is 3.88. The molecule has 0 unspecified atom stereocenters. The van der Waals surface area contributed by atoms with Crippen LogP contribution >= 0.6 is 12.2 Å². The predicted octanol–water partition coefficient (Wildman–Crippen LogP) is 1.96. The van der Waals surface area contributed by atoms with Crippen molar-refractivity contribution in [1.29, 1.82) is 0 Å². The van der Waals surface area contributed by atoms with E-state index >= 15 is 0 Å². The van der Waals surface area contributed by atoms with Crippen molar-refractivity contribution in [3.63, 3.8) is 0 Å². The van der Waals surface area contributed by atoms with Crippen LogP contribution < -0.4 is 11.1 Å². The summed E-state index contributed by atoms with van der Waals surface area (Å²) < 4.78 is 0. The third-order valence-corrected chi connectivity index (χ3v) is 2.92. The van der Waals surface area contributed by atoms with Crippen LogP contribution in [0.1, 0.15) is 32.3 Å². The van der Waals surface area contributed by atoms with E-state index in [0.29, 0.717) is 16.7 Å². The molecule has 0 atom stereocenters. The molecule has 0 radical (unpaired) electrons. The number of rotatable bonds is 6. The van der Waals surface area contributed by atoms with Crippen LogP contribution in [-0.4, -0.2) is 21.7 Å². The Morgan fingerprint density at radius 3 is 2.75 bits per heavy atom. The Bertz CT molecular complexity index is 350. The topological polar surface area (TPSA) is 63.8 Å². The number of nitrogens with zero attached hydrogens (tertiary/aromatic N) is 2. The van der Waals surface area contributed by atoms with Crippen LogP contribution in [0, 0.1) is 5.92 Å². The lowest BCUT2D eigenvalue weighted by molar-refractivity contribution is 0.518. The summed E-state index contributed by atoms with van der Waals surface area (Å²) in [5.41, 5.74) is 6.37. The quantitative estimate of drug-likeness (QED) is 0.742. The minimum atomic E-state index is 0.349. The van der Waals surface area contributed by atoms with Gasteiger partial charge in [0.15, 0.2) is 5.82 Å². The molecule has 1 aromatic heterocycles. The summed E-state index contributed by atoms with van der Waals surface area (Å²) in [4.78, 5) is 0.349. The average Bonchev–Trinajstić information content (AvgIpc) is 2.30. The molecule has 5 heteroatoms. The van der Waals surface area contributed by atoms with Gasteiger partial charge in [-0.2, -0.15) is 5.10 Å². The largest absolute Gasteiger partial charge is 0.389 e. The fourth-order valence-electron chi connectivity index (χ4n) is 1.48. The number of anilines is 1. The third kappa shape index (κ3) is 3.41. The standard InChI is InChI=1S/C11H18N4S/c1-3-8(4-2)7-13-11-9(10(12)16)5-6-14-15-11/h5-6,8H,3-4,7H2,1-2H3,(H2,12,16)(H,13,15). The summed E-state index contributed by atoms with van der Waals surface area (Å²) in [6, 6.07) is 1.78. The van der Waals surface area contributed by atoms with Crippen LogP contribution in [0.2, 0.25) is 0 Å². The van der Waals surface area contributed by atoms with Gasteiger partial charge in [-0.05, 0) is 12.0 Å². The van der Waals surface area contributed by atoms with Crippen LogP contribution in [0.15, 0.2) is 12.3 Å². The first-order valence-electron chi connectivity index (χ1n) is 5.54. The number of hydrogen-bond acceptors (Lipinski definition) is 4. The maximum absolute atomic E-state index is 5.61. The number of hydrogen-bond donors (Lipinski definition) is 2. The monoisotopic (exact) mass is 238 g/mol. The normalized spacial score (nSPS) is 10.4. The summed E-state index contributed by atoms with van der Waals surface area (Å²) in [5.74, 6) is 1.32. The van der Waals surface area contributed by atoms with E-state index in [1.54, 1.807) is 12.3 Å². The Morgan fingerprint density at radius 2 is 2.19 bits per heavy atom. The zero-order valence-electron chi connectivity index (χ0n) is 9.73. The van der Waals surface area contributed by atoms with E-state index in [9.17, 15) is 0 Å². The summed E-state index contributed by atoms with van der Waals surface area (Å²) in [6.45, 7) is 5.24. The number of thiocarbonyl (C=S) groups is 1. The molecule has 3 N–H and O–H groups in total. The molecular weight excluding hydrogens is 220 g/mol. The van der Waals surface area contributed by atoms with Gasteiger partial charge in [0, 0.05) is 6.54 Å². The van der Waals surface area contributed by atoms with Gasteiger partial charge in [0.2, 0.25) is 0 Å². The van der Waals surface area contributed by atoms with Crippen LogP contribution in [0.25, 0.3) is 0 Å². The molecule has 0 aliphatic heterocycles. The Labute approximate surface area is 102 Å². The Hall–Kier alpha value is -1.23. The maximum Gasteiger partial charge on any atom is 0.158 e. The van der Waals surface area contributed by atoms with Crippen molar-refractivity contribution < 1.29 is 0 Å². The van der Waals surface area contributed by atoms with Gasteiger partial charge in [-0.3, -0.25) is 0 Å². The molecule has 1 aromatic rings. The molecule has 0 aliphatic rings. The first-order valence-corrected chi connectivity index (χ1v) is 5.95. The molecule has 0 saturated carbocycles. The summed E-state index contributed by atoms with van der Waals surface area (Å²) in [5, 5.41) is 11.1. The van der Waals surface area contributed by atoms with Gasteiger partial charge in [0.25, 0.3) is 0 Å². The molecule has 0 amide bonds. The van der Waals surface area contributed by atoms with E-state index in [0.717, 1.165) is 24.9 Å². The molecular formula is C11H18N4S. The van der Waals surface area contributed by atoms with E-state index in [1.165, 1.54) is 0 Å². The molecule has 88 valence electrons. The Morgan fingerprint density at radius 1 is 1.50 bits per heavy atom. The number of aromatic nitrogens is 2. The van der Waals surface area contributed by atoms with Crippen LogP contribution in [0.3, 0.4) is 0 Å². The van der Waals surface area contributed by atoms with Gasteiger partial charge < -0.3 is 11.1 Å². The number of nitrogens with one attached hydrogen (secondary N) is 1. The SMILES string of the molecule is CCC(CC)CNc1nnccc1C(N)=S. The maximum atomic E-state index is 5.61. The molecule has 0 spiro atoms. The van der Waals surface area contributed by atoms with Crippen molar-refractivity contribution in [3.8, 4) is 0 Å². The molecule has 0 aliphatic carbocycles. The van der Waals surface area contributed by atoms with Gasteiger partial charge in [0.05, 0.1) is 11.8 Å². The van der Waals surface area contributed by atoms with E-state index in [2.05, 4.69) is 29.4 Å². The van der Waals surface area contributed by atoms with Gasteiger partial charge in [0.1, 0.15) is 4.99 Å². The molecule has 0 saturated heterocycles. The smallest absolute Gasteiger partial charge is 0.158 e. The van der Waals surface area contributed by atoms with Crippen molar-refractivity contribution in [2.24, 2.45) is 11.7 Å². The van der Waals surface area contributed by atoms with Crippen LogP contribution in [0.4, 0.5) is 5.82 Å². The molecule has 4 nitrogen and oxygen atoms in total. The Balaban J connectivity index is 2.69. The van der Waals surface area contributed by atoms with Gasteiger partial charge in [-0.25, -0.2) is 0 Å². The molecule has 0 bridgehead atoms. The van der Waals surface area contributed by atoms with Gasteiger partial charge in [-0.15, -0.1) is 5.10 Å². The average molecular weight is 238 g/mol. The predicted molar refractivity (Wildman–Crippen MR) is 70.5 cm³/mol. The third-order valence-electron chi connectivity index (χ3n) is 2.70. The highest BCUT2D eigenvalue weighted by Gasteiger charge is 2.08. The Kier molecular flexibility index (Phi) is 5.11. The minimum Gasteiger partial charge on any atom is -0.389 e. The van der Waals surface area contributed by atoms with Crippen molar-refractivity contribution in [2.75, 3.05) is 11.9 Å². The molecule has 1 heterocycles. The lowest BCUT2D eigenvalue weighted by Gasteiger charge is -2.14. The second-order valence-electron chi connectivity index (χ2n) is 3.72. The van der Waals surface area contributed by atoms with E-state index < -0.39 is 0 Å². The fourth-order valence-corrected chi connectivity index (χ4v) is 1.64. The molecule has 1 rings (SSSR count). The van der Waals surface area contributed by atoms with Crippen LogP contribution in [-0.2, 0) is 0 Å². The lowest BCUT2D eigenvalue weighted by atomic mass is 10.0. The highest BCUT2D eigenvalue weighted by atomic mass is 32.1. The second-order valence-corrected chi connectivity index (χ2v) is 4.16. The van der Waals surface area contributed by atoms with Gasteiger partial charge >= 0.3 is 0 Å². The number of nitrogens with two attached hydrogens (primary N) is 1. The van der Waals surface area contributed by atoms with Crippen molar-refractivity contribution in [3.05, 3.63) is 17.8 Å². The molecule has 16 heavy (non-hydrogen) atoms. The zero-order valence-corrected chi connectivity index (χ0v) is 10.5. The van der Waals surface area contributed by atoms with Crippen molar-refractivity contribution >= 4 is 23.0 Å². The summed E-state index contributed by atoms with van der Waals surface area (Å²) >= 11 is 4.96. The first-order chi connectivity index (χ1) is 7.69. The van der Waals surface area contributed by atoms with E-state index in [1.807, 2.05) is 0 Å². The van der Waals surface area contributed by atoms with Crippen molar-refractivity contribution in [2.45, 2.75) is 26.7 Å². The molecule has 0 fully saturated rings. The zero-order chi connectivity index (χ0) is 12.0. The van der Waals surface area contributed by atoms with E-state index in [-0.39, 0.29) is 0 Å². The first kappa shape index (κ1) is 12.8. The minimum absolute atomic E-state index is 0.349. The lowest BCUT2D eigenvalue weighted by Crippen LogP contribution is -2.18. The highest BCUT2D eigenvalue weighted by molar-refractivity contribution is 7.80. The summed E-state index contributed by atoms with van der Waals surface area (Å²) in [7, 11) is 0. The van der Waals surface area contributed by atoms with Crippen molar-refractivity contribution in [1.82, 2.24) is 10.2 Å². The second kappa shape index (κ2) is 6.37.